The topological polar surface area (TPSA) is 32.3 Å². The highest BCUT2D eigenvalue weighted by Gasteiger charge is 2.21. The quantitative estimate of drug-likeness (QED) is 0.774. The van der Waals surface area contributed by atoms with Crippen molar-refractivity contribution >= 4 is 5.69 Å². The fourth-order valence-electron chi connectivity index (χ4n) is 2.45. The molecule has 0 heterocycles. The maximum Gasteiger partial charge on any atom is 0.123 e. The highest BCUT2D eigenvalue weighted by Crippen LogP contribution is 2.23. The molecule has 0 spiro atoms. The van der Waals surface area contributed by atoms with Gasteiger partial charge < -0.3 is 10.4 Å². The molecule has 2 N–H and O–H groups in total. The molecule has 1 aromatic carbocycles. The molecular weight excluding hydrogens is 217 g/mol. The first-order valence-corrected chi connectivity index (χ1v) is 6.37. The van der Waals surface area contributed by atoms with E-state index in [4.69, 9.17) is 0 Å². The van der Waals surface area contributed by atoms with Gasteiger partial charge in [0.1, 0.15) is 5.82 Å². The Morgan fingerprint density at radius 2 is 2.00 bits per heavy atom. The van der Waals surface area contributed by atoms with Crippen LogP contribution in [-0.4, -0.2) is 17.3 Å². The number of hydrogen-bond acceptors (Lipinski definition) is 2. The van der Waals surface area contributed by atoms with E-state index in [1.54, 1.807) is 6.07 Å². The number of hydrogen-bond donors (Lipinski definition) is 2. The minimum Gasteiger partial charge on any atom is -0.391 e. The molecule has 1 saturated carbocycles. The summed E-state index contributed by atoms with van der Waals surface area (Å²) >= 11 is 0. The zero-order chi connectivity index (χ0) is 12.3. The molecule has 2 nitrogen and oxygen atoms in total. The molecule has 1 aromatic rings. The van der Waals surface area contributed by atoms with Crippen molar-refractivity contribution in [2.75, 3.05) is 5.32 Å². The van der Waals surface area contributed by atoms with Crippen molar-refractivity contribution in [2.45, 2.75) is 51.2 Å². The molecule has 3 heteroatoms. The molecule has 0 saturated heterocycles. The van der Waals surface area contributed by atoms with Crippen LogP contribution in [0.2, 0.25) is 0 Å². The molecule has 0 amide bonds. The average Bonchev–Trinajstić information content (AvgIpc) is 2.48. The van der Waals surface area contributed by atoms with Crippen LogP contribution < -0.4 is 5.32 Å². The van der Waals surface area contributed by atoms with Gasteiger partial charge in [-0.05, 0) is 43.5 Å². The predicted octanol–water partition coefficient (Wildman–Crippen LogP) is 3.24. The molecule has 2 unspecified atom stereocenters. The number of halogens is 1. The second-order valence-electron chi connectivity index (χ2n) is 4.92. The van der Waals surface area contributed by atoms with Crippen molar-refractivity contribution in [2.24, 2.45) is 0 Å². The first kappa shape index (κ1) is 12.4. The normalized spacial score (nSPS) is 25.4. The van der Waals surface area contributed by atoms with E-state index in [-0.39, 0.29) is 18.0 Å². The Hall–Kier alpha value is -1.09. The fraction of sp³-hybridized carbons (Fsp3) is 0.571. The van der Waals surface area contributed by atoms with Gasteiger partial charge in [0.05, 0.1) is 12.1 Å². The second-order valence-corrected chi connectivity index (χ2v) is 4.92. The van der Waals surface area contributed by atoms with Crippen molar-refractivity contribution in [1.29, 1.82) is 0 Å². The third-order valence-corrected chi connectivity index (χ3v) is 3.51. The van der Waals surface area contributed by atoms with E-state index >= 15 is 0 Å². The van der Waals surface area contributed by atoms with E-state index in [9.17, 15) is 9.50 Å². The Kier molecular flexibility index (Phi) is 4.00. The minimum absolute atomic E-state index is 0.0988. The molecule has 2 rings (SSSR count). The van der Waals surface area contributed by atoms with Crippen molar-refractivity contribution in [3.8, 4) is 0 Å². The summed E-state index contributed by atoms with van der Waals surface area (Å²) in [6, 6.07) is 4.83. The van der Waals surface area contributed by atoms with Crippen LogP contribution >= 0.6 is 0 Å². The Labute approximate surface area is 102 Å². The van der Waals surface area contributed by atoms with Crippen molar-refractivity contribution in [3.63, 3.8) is 0 Å². The molecule has 1 aliphatic rings. The molecule has 94 valence electrons. The van der Waals surface area contributed by atoms with Crippen LogP contribution in [0.15, 0.2) is 18.2 Å². The highest BCUT2D eigenvalue weighted by atomic mass is 19.1. The molecule has 1 fully saturated rings. The first-order valence-electron chi connectivity index (χ1n) is 6.37. The number of aryl methyl sites for hydroxylation is 1. The molecular formula is C14H20FNO. The molecule has 0 bridgehead atoms. The largest absolute Gasteiger partial charge is 0.391 e. The highest BCUT2D eigenvalue weighted by molar-refractivity contribution is 5.51. The van der Waals surface area contributed by atoms with Gasteiger partial charge >= 0.3 is 0 Å². The van der Waals surface area contributed by atoms with Crippen LogP contribution in [0.1, 0.15) is 37.7 Å². The van der Waals surface area contributed by atoms with Gasteiger partial charge in [0.25, 0.3) is 0 Å². The van der Waals surface area contributed by atoms with Gasteiger partial charge in [-0.15, -0.1) is 0 Å². The van der Waals surface area contributed by atoms with E-state index < -0.39 is 0 Å². The Morgan fingerprint density at radius 1 is 1.24 bits per heavy atom. The van der Waals surface area contributed by atoms with Gasteiger partial charge in [-0.2, -0.15) is 0 Å². The number of nitrogens with one attached hydrogen (secondary N) is 1. The van der Waals surface area contributed by atoms with Crippen LogP contribution in [0, 0.1) is 12.7 Å². The summed E-state index contributed by atoms with van der Waals surface area (Å²) in [7, 11) is 0. The maximum atomic E-state index is 13.0. The number of aliphatic hydroxyl groups excluding tert-OH is 1. The van der Waals surface area contributed by atoms with E-state index in [0.29, 0.717) is 0 Å². The maximum absolute atomic E-state index is 13.0. The predicted molar refractivity (Wildman–Crippen MR) is 67.6 cm³/mol. The Balaban J connectivity index is 2.08. The van der Waals surface area contributed by atoms with Crippen molar-refractivity contribution in [1.82, 2.24) is 0 Å². The SMILES string of the molecule is Cc1cc(F)ccc1NC1CCCCCC1O. The molecule has 0 aromatic heterocycles. The molecule has 0 aliphatic heterocycles. The van der Waals surface area contributed by atoms with Crippen LogP contribution in [0.5, 0.6) is 0 Å². The van der Waals surface area contributed by atoms with E-state index in [2.05, 4.69) is 5.32 Å². The summed E-state index contributed by atoms with van der Waals surface area (Å²) in [5.74, 6) is -0.213. The third-order valence-electron chi connectivity index (χ3n) is 3.51. The lowest BCUT2D eigenvalue weighted by Crippen LogP contribution is -2.32. The average molecular weight is 237 g/mol. The molecule has 17 heavy (non-hydrogen) atoms. The fourth-order valence-corrected chi connectivity index (χ4v) is 2.45. The van der Waals surface area contributed by atoms with Gasteiger partial charge in [0.15, 0.2) is 0 Å². The summed E-state index contributed by atoms with van der Waals surface area (Å²) in [6.45, 7) is 1.88. The summed E-state index contributed by atoms with van der Waals surface area (Å²) in [4.78, 5) is 0. The summed E-state index contributed by atoms with van der Waals surface area (Å²) in [5.41, 5.74) is 1.82. The monoisotopic (exact) mass is 237 g/mol. The van der Waals surface area contributed by atoms with E-state index in [1.165, 1.54) is 18.6 Å². The Morgan fingerprint density at radius 3 is 2.76 bits per heavy atom. The zero-order valence-corrected chi connectivity index (χ0v) is 10.2. The molecule has 1 aliphatic carbocycles. The number of anilines is 1. The molecule has 0 radical (unpaired) electrons. The van der Waals surface area contributed by atoms with Crippen LogP contribution in [0.3, 0.4) is 0 Å². The van der Waals surface area contributed by atoms with E-state index in [1.807, 2.05) is 6.92 Å². The van der Waals surface area contributed by atoms with E-state index in [0.717, 1.165) is 36.9 Å². The standard InChI is InChI=1S/C14H20FNO/c1-10-9-11(15)7-8-12(10)16-13-5-3-2-4-6-14(13)17/h7-9,13-14,16-17H,2-6H2,1H3. The van der Waals surface area contributed by atoms with Gasteiger partial charge in [-0.25, -0.2) is 4.39 Å². The number of aliphatic hydroxyl groups is 1. The first-order chi connectivity index (χ1) is 8.16. The summed E-state index contributed by atoms with van der Waals surface area (Å²) in [6.07, 6.45) is 4.99. The summed E-state index contributed by atoms with van der Waals surface area (Å²) in [5, 5.41) is 13.4. The minimum atomic E-state index is -0.290. The number of rotatable bonds is 2. The lowest BCUT2D eigenvalue weighted by molar-refractivity contribution is 0.144. The van der Waals surface area contributed by atoms with Crippen LogP contribution in [0.25, 0.3) is 0 Å². The van der Waals surface area contributed by atoms with Crippen LogP contribution in [0.4, 0.5) is 10.1 Å². The van der Waals surface area contributed by atoms with Crippen LogP contribution in [-0.2, 0) is 0 Å². The van der Waals surface area contributed by atoms with Gasteiger partial charge in [0.2, 0.25) is 0 Å². The third kappa shape index (κ3) is 3.19. The lowest BCUT2D eigenvalue weighted by Gasteiger charge is -2.24. The van der Waals surface area contributed by atoms with Gasteiger partial charge in [-0.1, -0.05) is 19.3 Å². The summed E-state index contributed by atoms with van der Waals surface area (Å²) < 4.78 is 13.0. The lowest BCUT2D eigenvalue weighted by atomic mass is 10.0. The molecule has 2 atom stereocenters. The smallest absolute Gasteiger partial charge is 0.123 e. The van der Waals surface area contributed by atoms with Gasteiger partial charge in [-0.3, -0.25) is 0 Å². The second kappa shape index (κ2) is 5.50. The number of benzene rings is 1. The Bertz CT molecular complexity index is 380. The zero-order valence-electron chi connectivity index (χ0n) is 10.2. The van der Waals surface area contributed by atoms with Gasteiger partial charge in [0, 0.05) is 5.69 Å². The van der Waals surface area contributed by atoms with Crippen molar-refractivity contribution < 1.29 is 9.50 Å². The van der Waals surface area contributed by atoms with Crippen molar-refractivity contribution in [3.05, 3.63) is 29.6 Å².